The van der Waals surface area contributed by atoms with E-state index in [4.69, 9.17) is 31.3 Å². The molecule has 0 aliphatic rings. The summed E-state index contributed by atoms with van der Waals surface area (Å²) < 4.78 is 40.2. The van der Waals surface area contributed by atoms with E-state index >= 15 is 0 Å². The van der Waals surface area contributed by atoms with Crippen LogP contribution in [0.25, 0.3) is 0 Å². The molecule has 0 amide bonds. The SMILES string of the molecule is C=CC(=C[Si](OCC)(OCC)OCC)C(=O)OCCC[Si](OCC)(OCC)OCC. The molecular weight excluding hydrogens is 424 g/mol. The summed E-state index contributed by atoms with van der Waals surface area (Å²) in [4.78, 5) is 12.6. The number of carbonyl (C=O) groups excluding carboxylic acids is 1. The summed E-state index contributed by atoms with van der Waals surface area (Å²) in [7, 11) is -5.89. The molecule has 0 saturated carbocycles. The number of esters is 1. The topological polar surface area (TPSA) is 81.7 Å². The summed E-state index contributed by atoms with van der Waals surface area (Å²) in [6, 6.07) is 0.568. The third kappa shape index (κ3) is 10.4. The Morgan fingerprint density at radius 1 is 0.767 bits per heavy atom. The smallest absolute Gasteiger partial charge is 0.462 e. The van der Waals surface area contributed by atoms with Crippen LogP contribution in [0.4, 0.5) is 0 Å². The maximum Gasteiger partial charge on any atom is 0.530 e. The van der Waals surface area contributed by atoms with Crippen molar-refractivity contribution in [3.05, 3.63) is 23.9 Å². The highest BCUT2D eigenvalue weighted by molar-refractivity contribution is 6.67. The fourth-order valence-electron chi connectivity index (χ4n) is 2.78. The van der Waals surface area contributed by atoms with Crippen molar-refractivity contribution < 1.29 is 36.1 Å². The Morgan fingerprint density at radius 2 is 1.20 bits per heavy atom. The monoisotopic (exact) mass is 464 g/mol. The molecule has 0 N–H and O–H groups in total. The Morgan fingerprint density at radius 3 is 1.57 bits per heavy atom. The molecule has 0 heterocycles. The summed E-state index contributed by atoms with van der Waals surface area (Å²) in [6.45, 7) is 17.9. The molecule has 0 spiro atoms. The van der Waals surface area contributed by atoms with E-state index < -0.39 is 23.6 Å². The van der Waals surface area contributed by atoms with Crippen LogP contribution in [-0.4, -0.2) is 69.8 Å². The minimum atomic E-state index is -3.14. The van der Waals surface area contributed by atoms with Crippen LogP contribution >= 0.6 is 0 Å². The Hall–Kier alpha value is -0.856. The van der Waals surface area contributed by atoms with Gasteiger partial charge in [0, 0.05) is 51.4 Å². The zero-order chi connectivity index (χ0) is 22.9. The van der Waals surface area contributed by atoms with Gasteiger partial charge >= 0.3 is 23.6 Å². The third-order valence-corrected chi connectivity index (χ3v) is 9.67. The Balaban J connectivity index is 5.09. The normalized spacial score (nSPS) is 12.8. The molecular formula is C20H40O8Si2. The van der Waals surface area contributed by atoms with E-state index in [1.807, 2.05) is 41.5 Å². The average Bonchev–Trinajstić information content (AvgIpc) is 2.70. The second-order valence-corrected chi connectivity index (χ2v) is 11.0. The lowest BCUT2D eigenvalue weighted by Gasteiger charge is -2.28. The molecule has 8 nitrogen and oxygen atoms in total. The van der Waals surface area contributed by atoms with Gasteiger partial charge in [0.25, 0.3) is 0 Å². The lowest BCUT2D eigenvalue weighted by atomic mass is 10.3. The minimum absolute atomic E-state index is 0.207. The highest BCUT2D eigenvalue weighted by Gasteiger charge is 2.41. The summed E-state index contributed by atoms with van der Waals surface area (Å²) in [5.74, 6) is -0.502. The molecule has 10 heteroatoms. The zero-order valence-corrected chi connectivity index (χ0v) is 21.5. The molecule has 0 saturated heterocycles. The van der Waals surface area contributed by atoms with Crippen molar-refractivity contribution in [3.63, 3.8) is 0 Å². The quantitative estimate of drug-likeness (QED) is 0.0942. The van der Waals surface area contributed by atoms with E-state index in [9.17, 15) is 4.79 Å². The molecule has 0 aliphatic carbocycles. The molecule has 30 heavy (non-hydrogen) atoms. The third-order valence-electron chi connectivity index (χ3n) is 3.78. The van der Waals surface area contributed by atoms with Gasteiger partial charge in [-0.15, -0.1) is 0 Å². The average molecular weight is 465 g/mol. The maximum absolute atomic E-state index is 12.6. The van der Waals surface area contributed by atoms with Gasteiger partial charge in [0.05, 0.1) is 12.2 Å². The highest BCUT2D eigenvalue weighted by atomic mass is 28.4. The molecule has 176 valence electrons. The maximum atomic E-state index is 12.6. The lowest BCUT2D eigenvalue weighted by molar-refractivity contribution is -0.138. The highest BCUT2D eigenvalue weighted by Crippen LogP contribution is 2.19. The second-order valence-electron chi connectivity index (χ2n) is 5.93. The molecule has 0 aromatic heterocycles. The van der Waals surface area contributed by atoms with Crippen molar-refractivity contribution in [2.75, 3.05) is 46.2 Å². The van der Waals surface area contributed by atoms with Gasteiger partial charge in [0.15, 0.2) is 0 Å². The second kappa shape index (κ2) is 16.8. The standard InChI is InChI=1S/C20H40O8Si2/c1-8-19(18-30(26-12-5,27-13-6)28-14-7)20(21)22-16-15-17-29(23-9-2,24-10-3)25-11-4/h8,18H,1,9-17H2,2-7H3. The Bertz CT molecular complexity index is 479. The van der Waals surface area contributed by atoms with Crippen molar-refractivity contribution in [2.45, 2.75) is 54.0 Å². The number of ether oxygens (including phenoxy) is 1. The van der Waals surface area contributed by atoms with Crippen LogP contribution in [0.15, 0.2) is 23.9 Å². The lowest BCUT2D eigenvalue weighted by Crippen LogP contribution is -2.46. The van der Waals surface area contributed by atoms with Crippen molar-refractivity contribution in [3.8, 4) is 0 Å². The fraction of sp³-hybridized carbons (Fsp3) is 0.750. The summed E-state index contributed by atoms with van der Waals surface area (Å²) >= 11 is 0. The van der Waals surface area contributed by atoms with Crippen molar-refractivity contribution in [1.82, 2.24) is 0 Å². The van der Waals surface area contributed by atoms with Crippen LogP contribution in [0.1, 0.15) is 48.0 Å². The van der Waals surface area contributed by atoms with E-state index in [0.29, 0.717) is 52.1 Å². The van der Waals surface area contributed by atoms with Gasteiger partial charge in [-0.2, -0.15) is 0 Å². The number of hydrogen-bond donors (Lipinski definition) is 0. The molecule has 0 unspecified atom stereocenters. The van der Waals surface area contributed by atoms with Gasteiger partial charge in [-0.1, -0.05) is 12.7 Å². The van der Waals surface area contributed by atoms with Crippen LogP contribution in [-0.2, 0) is 36.1 Å². The first kappa shape index (κ1) is 29.1. The van der Waals surface area contributed by atoms with E-state index in [1.165, 1.54) is 6.08 Å². The predicted molar refractivity (Wildman–Crippen MR) is 120 cm³/mol. The van der Waals surface area contributed by atoms with Crippen LogP contribution in [0.3, 0.4) is 0 Å². The van der Waals surface area contributed by atoms with E-state index in [-0.39, 0.29) is 12.2 Å². The minimum Gasteiger partial charge on any atom is -0.462 e. The fourth-order valence-corrected chi connectivity index (χ4v) is 7.69. The first-order valence-electron chi connectivity index (χ1n) is 10.8. The number of rotatable bonds is 19. The van der Waals surface area contributed by atoms with Gasteiger partial charge in [-0.3, -0.25) is 0 Å². The number of hydrogen-bond acceptors (Lipinski definition) is 8. The number of carbonyl (C=O) groups is 1. The van der Waals surface area contributed by atoms with Gasteiger partial charge in [0.1, 0.15) is 0 Å². The first-order chi connectivity index (χ1) is 14.4. The van der Waals surface area contributed by atoms with Gasteiger partial charge < -0.3 is 31.3 Å². The Labute approximate surface area is 184 Å². The molecule has 0 aromatic carbocycles. The van der Waals surface area contributed by atoms with Crippen LogP contribution in [0.5, 0.6) is 0 Å². The Kier molecular flexibility index (Phi) is 16.3. The van der Waals surface area contributed by atoms with Crippen molar-refractivity contribution in [2.24, 2.45) is 0 Å². The molecule has 0 aliphatic heterocycles. The summed E-state index contributed by atoms with van der Waals surface area (Å²) in [6.07, 6.45) is 1.99. The van der Waals surface area contributed by atoms with Crippen LogP contribution in [0.2, 0.25) is 6.04 Å². The molecule has 0 aromatic rings. The molecule has 0 fully saturated rings. The molecule has 0 atom stereocenters. The van der Waals surface area contributed by atoms with Crippen LogP contribution < -0.4 is 0 Å². The van der Waals surface area contributed by atoms with E-state index in [2.05, 4.69) is 6.58 Å². The van der Waals surface area contributed by atoms with E-state index in [0.717, 1.165) is 0 Å². The summed E-state index contributed by atoms with van der Waals surface area (Å²) in [5, 5.41) is 0. The molecule has 0 radical (unpaired) electrons. The van der Waals surface area contributed by atoms with Crippen LogP contribution in [0, 0.1) is 0 Å². The van der Waals surface area contributed by atoms with E-state index in [1.54, 1.807) is 5.70 Å². The van der Waals surface area contributed by atoms with Gasteiger partial charge in [-0.05, 0) is 48.0 Å². The van der Waals surface area contributed by atoms with Crippen molar-refractivity contribution in [1.29, 1.82) is 0 Å². The first-order valence-corrected chi connectivity index (χ1v) is 14.5. The zero-order valence-electron chi connectivity index (χ0n) is 19.5. The van der Waals surface area contributed by atoms with Crippen molar-refractivity contribution >= 4 is 23.6 Å². The molecule has 0 bridgehead atoms. The van der Waals surface area contributed by atoms with Gasteiger partial charge in [0.2, 0.25) is 0 Å². The largest absolute Gasteiger partial charge is 0.530 e. The summed E-state index contributed by atoms with van der Waals surface area (Å²) in [5.41, 5.74) is 1.86. The molecule has 0 rings (SSSR count). The van der Waals surface area contributed by atoms with Gasteiger partial charge in [-0.25, -0.2) is 4.79 Å². The predicted octanol–water partition coefficient (Wildman–Crippen LogP) is 3.67.